The molecule has 1 aromatic carbocycles. The molecule has 0 aromatic heterocycles. The third-order valence-electron chi connectivity index (χ3n) is 5.00. The molecule has 0 spiro atoms. The number of ether oxygens (including phenoxy) is 1. The van der Waals surface area contributed by atoms with Gasteiger partial charge in [0.05, 0.1) is 18.2 Å². The van der Waals surface area contributed by atoms with Crippen LogP contribution in [0.25, 0.3) is 0 Å². The highest BCUT2D eigenvalue weighted by Gasteiger charge is 2.42. The Balaban J connectivity index is 2.61. The molecule has 0 radical (unpaired) electrons. The number of halogens is 6. The number of nitrogens with one attached hydrogen (secondary N) is 1. The minimum absolute atomic E-state index is 0.194. The third kappa shape index (κ3) is 5.53. The molecule has 1 aliphatic rings. The number of piperazine rings is 1. The number of benzene rings is 1. The normalized spacial score (nSPS) is 17.6. The summed E-state index contributed by atoms with van der Waals surface area (Å²) in [6.07, 6.45) is -6.96. The number of hydrogen-bond acceptors (Lipinski definition) is 3. The third-order valence-corrected chi connectivity index (χ3v) is 5.00. The lowest BCUT2D eigenvalue weighted by Crippen LogP contribution is -2.45. The molecule has 1 fully saturated rings. The predicted molar refractivity (Wildman–Crippen MR) is 94.3 cm³/mol. The van der Waals surface area contributed by atoms with E-state index in [1.807, 2.05) is 11.8 Å². The van der Waals surface area contributed by atoms with Crippen molar-refractivity contribution in [2.75, 3.05) is 33.3 Å². The van der Waals surface area contributed by atoms with Gasteiger partial charge in [0.25, 0.3) is 0 Å². The SMILES string of the molecule is CCCCC[C@@H](c1c(OC)cc(C(F)(F)F)cc1C(F)(F)F)N1CCNCC1. The summed E-state index contributed by atoms with van der Waals surface area (Å²) in [6, 6.07) is 0.245. The van der Waals surface area contributed by atoms with Crippen LogP contribution in [0, 0.1) is 0 Å². The molecule has 0 unspecified atom stereocenters. The molecule has 9 heteroatoms. The van der Waals surface area contributed by atoms with Gasteiger partial charge >= 0.3 is 12.4 Å². The zero-order valence-corrected chi connectivity index (χ0v) is 16.0. The number of nitrogens with zero attached hydrogens (tertiary/aromatic N) is 1. The van der Waals surface area contributed by atoms with E-state index in [0.717, 1.165) is 20.0 Å². The Morgan fingerprint density at radius 1 is 1.04 bits per heavy atom. The second kappa shape index (κ2) is 9.35. The van der Waals surface area contributed by atoms with Gasteiger partial charge in [-0.3, -0.25) is 4.90 Å². The molecule has 1 N–H and O–H groups in total. The zero-order valence-electron chi connectivity index (χ0n) is 16.0. The Morgan fingerprint density at radius 3 is 2.18 bits per heavy atom. The minimum Gasteiger partial charge on any atom is -0.496 e. The van der Waals surface area contributed by atoms with Gasteiger partial charge in [-0.1, -0.05) is 26.2 Å². The molecule has 0 bridgehead atoms. The molecular formula is C19H26F6N2O. The van der Waals surface area contributed by atoms with Crippen molar-refractivity contribution in [1.82, 2.24) is 10.2 Å². The first-order chi connectivity index (χ1) is 13.1. The van der Waals surface area contributed by atoms with E-state index in [1.165, 1.54) is 0 Å². The van der Waals surface area contributed by atoms with Crippen LogP contribution in [0.4, 0.5) is 26.3 Å². The molecule has 0 saturated carbocycles. The largest absolute Gasteiger partial charge is 0.496 e. The second-order valence-corrected chi connectivity index (χ2v) is 6.93. The van der Waals surface area contributed by atoms with Crippen LogP contribution in [0.1, 0.15) is 55.3 Å². The Labute approximate surface area is 161 Å². The molecule has 1 aliphatic heterocycles. The van der Waals surface area contributed by atoms with E-state index in [1.54, 1.807) is 0 Å². The smallest absolute Gasteiger partial charge is 0.416 e. The average molecular weight is 412 g/mol. The molecule has 3 nitrogen and oxygen atoms in total. The number of unbranched alkanes of at least 4 members (excludes halogenated alkanes) is 2. The molecule has 1 heterocycles. The van der Waals surface area contributed by atoms with Gasteiger partial charge in [-0.25, -0.2) is 0 Å². The highest BCUT2D eigenvalue weighted by atomic mass is 19.4. The molecule has 0 amide bonds. The summed E-state index contributed by atoms with van der Waals surface area (Å²) in [5.41, 5.74) is -2.81. The van der Waals surface area contributed by atoms with Gasteiger partial charge in [-0.2, -0.15) is 26.3 Å². The van der Waals surface area contributed by atoms with E-state index in [2.05, 4.69) is 5.32 Å². The lowest BCUT2D eigenvalue weighted by molar-refractivity contribution is -0.144. The summed E-state index contributed by atoms with van der Waals surface area (Å²) < 4.78 is 85.9. The van der Waals surface area contributed by atoms with Gasteiger partial charge in [0, 0.05) is 37.8 Å². The summed E-state index contributed by atoms with van der Waals surface area (Å²) in [7, 11) is 1.11. The molecule has 2 rings (SSSR count). The maximum absolute atomic E-state index is 13.8. The molecule has 1 atom stereocenters. The lowest BCUT2D eigenvalue weighted by Gasteiger charge is -2.37. The van der Waals surface area contributed by atoms with E-state index in [9.17, 15) is 26.3 Å². The van der Waals surface area contributed by atoms with Crippen molar-refractivity contribution in [3.63, 3.8) is 0 Å². The number of hydrogen-bond donors (Lipinski definition) is 1. The van der Waals surface area contributed by atoms with E-state index in [0.29, 0.717) is 45.1 Å². The lowest BCUT2D eigenvalue weighted by atomic mass is 9.91. The van der Waals surface area contributed by atoms with Crippen molar-refractivity contribution < 1.29 is 31.1 Å². The monoisotopic (exact) mass is 412 g/mol. The number of rotatable bonds is 7. The second-order valence-electron chi connectivity index (χ2n) is 6.93. The standard InChI is InChI=1S/C19H26F6N2O/c1-3-4-5-6-15(27-9-7-26-8-10-27)17-14(19(23,24)25)11-13(18(20,21)22)12-16(17)28-2/h11-12,15,26H,3-10H2,1-2H3/t15-/m0/s1. The van der Waals surface area contributed by atoms with E-state index in [-0.39, 0.29) is 17.4 Å². The topological polar surface area (TPSA) is 24.5 Å². The van der Waals surface area contributed by atoms with E-state index >= 15 is 0 Å². The fourth-order valence-corrected chi connectivity index (χ4v) is 3.63. The first kappa shape index (κ1) is 22.8. The Bertz CT molecular complexity index is 639. The van der Waals surface area contributed by atoms with Gasteiger partial charge in [0.2, 0.25) is 0 Å². The first-order valence-electron chi connectivity index (χ1n) is 9.40. The summed E-state index contributed by atoms with van der Waals surface area (Å²) in [5, 5.41) is 3.15. The van der Waals surface area contributed by atoms with Gasteiger partial charge in [0.15, 0.2) is 0 Å². The van der Waals surface area contributed by atoms with Crippen LogP contribution in [-0.4, -0.2) is 38.2 Å². The predicted octanol–water partition coefficient (Wildman–Crippen LogP) is 5.26. The maximum atomic E-state index is 13.8. The molecule has 1 saturated heterocycles. The zero-order chi connectivity index (χ0) is 20.9. The highest BCUT2D eigenvalue weighted by Crippen LogP contribution is 2.46. The van der Waals surface area contributed by atoms with Crippen molar-refractivity contribution in [1.29, 1.82) is 0 Å². The van der Waals surface area contributed by atoms with Crippen molar-refractivity contribution in [3.05, 3.63) is 28.8 Å². The van der Waals surface area contributed by atoms with Crippen LogP contribution in [0.5, 0.6) is 5.75 Å². The van der Waals surface area contributed by atoms with E-state index < -0.39 is 29.5 Å². The minimum atomic E-state index is -4.92. The number of alkyl halides is 6. The summed E-state index contributed by atoms with van der Waals surface area (Å²) >= 11 is 0. The van der Waals surface area contributed by atoms with Crippen LogP contribution in [0.3, 0.4) is 0 Å². The van der Waals surface area contributed by atoms with Gasteiger partial charge < -0.3 is 10.1 Å². The van der Waals surface area contributed by atoms with Crippen LogP contribution in [0.15, 0.2) is 12.1 Å². The van der Waals surface area contributed by atoms with E-state index in [4.69, 9.17) is 4.74 Å². The van der Waals surface area contributed by atoms with Crippen molar-refractivity contribution in [3.8, 4) is 5.75 Å². The molecule has 1 aromatic rings. The van der Waals surface area contributed by atoms with Gasteiger partial charge in [-0.05, 0) is 18.6 Å². The fourth-order valence-electron chi connectivity index (χ4n) is 3.63. The quantitative estimate of drug-likeness (QED) is 0.489. The summed E-state index contributed by atoms with van der Waals surface area (Å²) in [4.78, 5) is 1.91. The Kier molecular flexibility index (Phi) is 7.61. The molecule has 160 valence electrons. The number of methoxy groups -OCH3 is 1. The molecular weight excluding hydrogens is 386 g/mol. The van der Waals surface area contributed by atoms with Crippen LogP contribution < -0.4 is 10.1 Å². The average Bonchev–Trinajstić information content (AvgIpc) is 2.63. The van der Waals surface area contributed by atoms with Gasteiger partial charge in [-0.15, -0.1) is 0 Å². The summed E-state index contributed by atoms with van der Waals surface area (Å²) in [5.74, 6) is -0.359. The van der Waals surface area contributed by atoms with Crippen LogP contribution >= 0.6 is 0 Å². The van der Waals surface area contributed by atoms with Crippen LogP contribution in [-0.2, 0) is 12.4 Å². The Morgan fingerprint density at radius 2 is 1.68 bits per heavy atom. The first-order valence-corrected chi connectivity index (χ1v) is 9.40. The molecule has 28 heavy (non-hydrogen) atoms. The van der Waals surface area contributed by atoms with Crippen LogP contribution in [0.2, 0.25) is 0 Å². The summed E-state index contributed by atoms with van der Waals surface area (Å²) in [6.45, 7) is 4.28. The maximum Gasteiger partial charge on any atom is 0.416 e. The fraction of sp³-hybridized carbons (Fsp3) is 0.684. The van der Waals surface area contributed by atoms with Crippen molar-refractivity contribution in [2.45, 2.75) is 51.0 Å². The molecule has 0 aliphatic carbocycles. The van der Waals surface area contributed by atoms with Gasteiger partial charge in [0.1, 0.15) is 5.75 Å². The Hall–Kier alpha value is -1.48. The van der Waals surface area contributed by atoms with Crippen molar-refractivity contribution >= 4 is 0 Å². The highest BCUT2D eigenvalue weighted by molar-refractivity contribution is 5.48. The van der Waals surface area contributed by atoms with Crippen molar-refractivity contribution in [2.24, 2.45) is 0 Å².